The average molecular weight is 449 g/mol. The van der Waals surface area contributed by atoms with E-state index in [1.165, 1.54) is 48.8 Å². The van der Waals surface area contributed by atoms with Gasteiger partial charge in [0.2, 0.25) is 0 Å². The van der Waals surface area contributed by atoms with Gasteiger partial charge in [-0.3, -0.25) is 0 Å². The Hall–Kier alpha value is -3.24. The number of hydrogen-bond acceptors (Lipinski definition) is 1. The molecule has 4 rings (SSSR count). The van der Waals surface area contributed by atoms with Crippen molar-refractivity contribution in [3.63, 3.8) is 0 Å². The highest BCUT2D eigenvalue weighted by Crippen LogP contribution is 2.38. The summed E-state index contributed by atoms with van der Waals surface area (Å²) in [5, 5.41) is 0. The van der Waals surface area contributed by atoms with Crippen molar-refractivity contribution in [1.82, 2.24) is 0 Å². The van der Waals surface area contributed by atoms with E-state index in [2.05, 4.69) is 80.0 Å². The molecule has 174 valence electrons. The van der Waals surface area contributed by atoms with Crippen LogP contribution in [0.25, 0.3) is 11.1 Å². The fourth-order valence-corrected chi connectivity index (χ4v) is 4.83. The first-order chi connectivity index (χ1) is 16.7. The molecule has 0 atom stereocenters. The zero-order chi connectivity index (χ0) is 23.6. The minimum absolute atomic E-state index is 0.721. The van der Waals surface area contributed by atoms with Crippen LogP contribution in [0.3, 0.4) is 0 Å². The molecule has 3 aromatic rings. The second kappa shape index (κ2) is 12.3. The molecule has 0 aliphatic heterocycles. The Labute approximate surface area is 205 Å². The molecule has 0 saturated heterocycles. The molecule has 0 aromatic heterocycles. The quantitative estimate of drug-likeness (QED) is 0.247. The fourth-order valence-electron chi connectivity index (χ4n) is 4.83. The lowest BCUT2D eigenvalue weighted by atomic mass is 9.77. The SMILES string of the molecule is C=CCC[C@H]1CC[C@H](c2ccc(-c3ccc(C#Cc4ccc(OCCC)cc4)cc3)cc2)CC1. The van der Waals surface area contributed by atoms with Crippen LogP contribution in [0.4, 0.5) is 0 Å². The Balaban J connectivity index is 1.33. The summed E-state index contributed by atoms with van der Waals surface area (Å²) in [6.45, 7) is 6.72. The van der Waals surface area contributed by atoms with Crippen molar-refractivity contribution in [3.8, 4) is 28.7 Å². The second-order valence-electron chi connectivity index (χ2n) is 9.41. The van der Waals surface area contributed by atoms with Crippen molar-refractivity contribution in [2.45, 2.75) is 57.8 Å². The van der Waals surface area contributed by atoms with Crippen molar-refractivity contribution < 1.29 is 4.74 Å². The second-order valence-corrected chi connectivity index (χ2v) is 9.41. The lowest BCUT2D eigenvalue weighted by molar-refractivity contribution is 0.312. The summed E-state index contributed by atoms with van der Waals surface area (Å²) < 4.78 is 5.64. The molecule has 1 fully saturated rings. The van der Waals surface area contributed by atoms with Crippen LogP contribution in [0.2, 0.25) is 0 Å². The van der Waals surface area contributed by atoms with Crippen LogP contribution in [0.5, 0.6) is 5.75 Å². The average Bonchev–Trinajstić information content (AvgIpc) is 2.91. The van der Waals surface area contributed by atoms with Crippen LogP contribution in [-0.4, -0.2) is 6.61 Å². The van der Waals surface area contributed by atoms with Gasteiger partial charge in [0.25, 0.3) is 0 Å². The maximum atomic E-state index is 5.64. The molecule has 1 nitrogen and oxygen atoms in total. The fraction of sp³-hybridized carbons (Fsp3) is 0.333. The van der Waals surface area contributed by atoms with Crippen molar-refractivity contribution in [2.24, 2.45) is 5.92 Å². The lowest BCUT2D eigenvalue weighted by Crippen LogP contribution is -2.13. The van der Waals surface area contributed by atoms with E-state index in [1.54, 1.807) is 0 Å². The first-order valence-electron chi connectivity index (χ1n) is 12.8. The summed E-state index contributed by atoms with van der Waals surface area (Å²) in [5.74, 6) is 9.05. The zero-order valence-electron chi connectivity index (χ0n) is 20.4. The maximum absolute atomic E-state index is 5.64. The van der Waals surface area contributed by atoms with E-state index < -0.39 is 0 Å². The van der Waals surface area contributed by atoms with Crippen LogP contribution in [0.1, 0.15) is 74.5 Å². The molecule has 1 saturated carbocycles. The van der Waals surface area contributed by atoms with Crippen molar-refractivity contribution >= 4 is 0 Å². The molecule has 0 heterocycles. The van der Waals surface area contributed by atoms with E-state index in [9.17, 15) is 0 Å². The van der Waals surface area contributed by atoms with Gasteiger partial charge in [-0.1, -0.05) is 61.2 Å². The van der Waals surface area contributed by atoms with Gasteiger partial charge in [0, 0.05) is 11.1 Å². The summed E-state index contributed by atoms with van der Waals surface area (Å²) in [6, 6.07) is 25.8. The Kier molecular flexibility index (Phi) is 8.64. The third-order valence-corrected chi connectivity index (χ3v) is 6.90. The van der Waals surface area contributed by atoms with Gasteiger partial charge in [0.1, 0.15) is 5.75 Å². The molecule has 1 aliphatic carbocycles. The molecule has 34 heavy (non-hydrogen) atoms. The lowest BCUT2D eigenvalue weighted by Gasteiger charge is -2.28. The van der Waals surface area contributed by atoms with Gasteiger partial charge in [0.05, 0.1) is 6.61 Å². The largest absolute Gasteiger partial charge is 0.494 e. The molecule has 1 heteroatoms. The summed E-state index contributed by atoms with van der Waals surface area (Å²) >= 11 is 0. The van der Waals surface area contributed by atoms with Crippen LogP contribution < -0.4 is 4.74 Å². The van der Waals surface area contributed by atoms with Gasteiger partial charge >= 0.3 is 0 Å². The zero-order valence-corrected chi connectivity index (χ0v) is 20.4. The standard InChI is InChI=1S/C33H36O/c1-3-5-6-26-9-15-29(16-10-26)31-19-21-32(22-20-31)30-17-11-27(12-18-30)7-8-28-13-23-33(24-14-28)34-25-4-2/h3,11-14,17-24,26,29H,1,4-6,9-10,15-16,25H2,2H3/t26-,29-. The third kappa shape index (κ3) is 6.64. The number of hydrogen-bond donors (Lipinski definition) is 0. The van der Waals surface area contributed by atoms with E-state index in [1.807, 2.05) is 24.3 Å². The molecule has 0 spiro atoms. The van der Waals surface area contributed by atoms with Gasteiger partial charge in [-0.05, 0) is 110 Å². The summed E-state index contributed by atoms with van der Waals surface area (Å²) in [4.78, 5) is 0. The smallest absolute Gasteiger partial charge is 0.119 e. The van der Waals surface area contributed by atoms with Crippen molar-refractivity contribution in [2.75, 3.05) is 6.61 Å². The minimum atomic E-state index is 0.721. The summed E-state index contributed by atoms with van der Waals surface area (Å²) in [7, 11) is 0. The number of ether oxygens (including phenoxy) is 1. The van der Waals surface area contributed by atoms with Gasteiger partial charge in [0.15, 0.2) is 0 Å². The van der Waals surface area contributed by atoms with Crippen molar-refractivity contribution in [1.29, 1.82) is 0 Å². The number of benzene rings is 3. The molecule has 1 aliphatic rings. The van der Waals surface area contributed by atoms with Crippen molar-refractivity contribution in [3.05, 3.63) is 102 Å². The highest BCUT2D eigenvalue weighted by molar-refractivity contribution is 5.65. The molecular formula is C33H36O. The van der Waals surface area contributed by atoms with Gasteiger partial charge in [-0.25, -0.2) is 0 Å². The van der Waals surface area contributed by atoms with E-state index in [-0.39, 0.29) is 0 Å². The first-order valence-corrected chi connectivity index (χ1v) is 12.8. The minimum Gasteiger partial charge on any atom is -0.494 e. The Bertz CT molecular complexity index is 1090. The van der Waals surface area contributed by atoms with Gasteiger partial charge in [-0.15, -0.1) is 6.58 Å². The van der Waals surface area contributed by atoms with E-state index in [4.69, 9.17) is 4.74 Å². The predicted molar refractivity (Wildman–Crippen MR) is 144 cm³/mol. The predicted octanol–water partition coefficient (Wildman–Crippen LogP) is 8.78. The first kappa shape index (κ1) is 23.9. The molecule has 0 N–H and O–H groups in total. The van der Waals surface area contributed by atoms with Gasteiger partial charge in [-0.2, -0.15) is 0 Å². The highest BCUT2D eigenvalue weighted by Gasteiger charge is 2.21. The molecule has 0 unspecified atom stereocenters. The topological polar surface area (TPSA) is 9.23 Å². The Morgan fingerprint density at radius 1 is 0.794 bits per heavy atom. The van der Waals surface area contributed by atoms with Gasteiger partial charge < -0.3 is 4.74 Å². The molecule has 0 radical (unpaired) electrons. The third-order valence-electron chi connectivity index (χ3n) is 6.90. The summed E-state index contributed by atoms with van der Waals surface area (Å²) in [5.41, 5.74) is 6.03. The van der Waals surface area contributed by atoms with Crippen LogP contribution in [0.15, 0.2) is 85.5 Å². The molecule has 0 amide bonds. The van der Waals surface area contributed by atoms with Crippen LogP contribution in [-0.2, 0) is 0 Å². The van der Waals surface area contributed by atoms with Crippen LogP contribution >= 0.6 is 0 Å². The monoisotopic (exact) mass is 448 g/mol. The maximum Gasteiger partial charge on any atom is 0.119 e. The summed E-state index contributed by atoms with van der Waals surface area (Å²) in [6.07, 6.45) is 10.9. The Morgan fingerprint density at radius 2 is 1.35 bits per heavy atom. The molecule has 3 aromatic carbocycles. The highest BCUT2D eigenvalue weighted by atomic mass is 16.5. The molecule has 0 bridgehead atoms. The van der Waals surface area contributed by atoms with Crippen LogP contribution in [0, 0.1) is 17.8 Å². The van der Waals surface area contributed by atoms with E-state index >= 15 is 0 Å². The number of rotatable bonds is 8. The molecular weight excluding hydrogens is 412 g/mol. The normalized spacial score (nSPS) is 17.4. The van der Waals surface area contributed by atoms with E-state index in [0.717, 1.165) is 48.2 Å². The number of allylic oxidation sites excluding steroid dienone is 1. The van der Waals surface area contributed by atoms with E-state index in [0.29, 0.717) is 0 Å². The Morgan fingerprint density at radius 3 is 1.91 bits per heavy atom.